The monoisotopic (exact) mass is 451 g/mol. The Bertz CT molecular complexity index is 1210. The molecule has 0 atom stereocenters. The molecule has 0 saturated carbocycles. The van der Waals surface area contributed by atoms with Gasteiger partial charge in [-0.25, -0.2) is 4.79 Å². The summed E-state index contributed by atoms with van der Waals surface area (Å²) in [4.78, 5) is 17.5. The summed E-state index contributed by atoms with van der Waals surface area (Å²) in [6, 6.07) is 6.79. The Kier molecular flexibility index (Phi) is 5.48. The second-order valence-electron chi connectivity index (χ2n) is 5.90. The van der Waals surface area contributed by atoms with Gasteiger partial charge >= 0.3 is 12.1 Å². The SMILES string of the molecule is CCOC(=O)c1cnc2cc(C(F)(F)F)ccc2c1Sc1nnc(-c2cccs2)o1. The van der Waals surface area contributed by atoms with Gasteiger partial charge in [-0.05, 0) is 42.3 Å². The zero-order chi connectivity index (χ0) is 21.3. The summed E-state index contributed by atoms with van der Waals surface area (Å²) in [5, 5.41) is 10.3. The maximum atomic E-state index is 13.1. The molecule has 0 spiro atoms. The van der Waals surface area contributed by atoms with Crippen molar-refractivity contribution < 1.29 is 27.1 Å². The van der Waals surface area contributed by atoms with Crippen LogP contribution in [0.1, 0.15) is 22.8 Å². The zero-order valence-corrected chi connectivity index (χ0v) is 16.9. The number of nitrogens with zero attached hydrogens (tertiary/aromatic N) is 3. The third kappa shape index (κ3) is 4.03. The summed E-state index contributed by atoms with van der Waals surface area (Å²) in [5.74, 6) is -0.338. The molecule has 0 aliphatic heterocycles. The van der Waals surface area contributed by atoms with Gasteiger partial charge in [-0.1, -0.05) is 12.1 Å². The van der Waals surface area contributed by atoms with Crippen LogP contribution in [0.15, 0.2) is 56.4 Å². The molecule has 0 N–H and O–H groups in total. The van der Waals surface area contributed by atoms with Crippen molar-refractivity contribution in [2.24, 2.45) is 0 Å². The van der Waals surface area contributed by atoms with Crippen LogP contribution >= 0.6 is 23.1 Å². The van der Waals surface area contributed by atoms with Gasteiger partial charge in [0.25, 0.3) is 11.1 Å². The quantitative estimate of drug-likeness (QED) is 0.361. The van der Waals surface area contributed by atoms with E-state index < -0.39 is 17.7 Å². The highest BCUT2D eigenvalue weighted by Gasteiger charge is 2.31. The van der Waals surface area contributed by atoms with Gasteiger partial charge in [-0.15, -0.1) is 21.5 Å². The zero-order valence-electron chi connectivity index (χ0n) is 15.3. The lowest BCUT2D eigenvalue weighted by molar-refractivity contribution is -0.137. The van der Waals surface area contributed by atoms with Crippen LogP contribution in [0.2, 0.25) is 0 Å². The van der Waals surface area contributed by atoms with Gasteiger partial charge in [0.2, 0.25) is 0 Å². The highest BCUT2D eigenvalue weighted by Crippen LogP contribution is 2.39. The molecule has 4 rings (SSSR count). The topological polar surface area (TPSA) is 78.1 Å². The Morgan fingerprint density at radius 1 is 1.27 bits per heavy atom. The fraction of sp³-hybridized carbons (Fsp3) is 0.158. The van der Waals surface area contributed by atoms with Crippen molar-refractivity contribution >= 4 is 40.0 Å². The third-order valence-corrected chi connectivity index (χ3v) is 5.81. The van der Waals surface area contributed by atoms with Crippen LogP contribution in [0.4, 0.5) is 13.2 Å². The molecule has 3 heterocycles. The number of aromatic nitrogens is 3. The third-order valence-electron chi connectivity index (χ3n) is 3.97. The van der Waals surface area contributed by atoms with Crippen LogP contribution in [-0.4, -0.2) is 27.8 Å². The summed E-state index contributed by atoms with van der Waals surface area (Å²) in [6.45, 7) is 1.79. The Hall–Kier alpha value is -2.92. The van der Waals surface area contributed by atoms with Crippen molar-refractivity contribution in [3.63, 3.8) is 0 Å². The molecule has 0 unspecified atom stereocenters. The smallest absolute Gasteiger partial charge is 0.416 e. The van der Waals surface area contributed by atoms with Crippen LogP contribution in [-0.2, 0) is 10.9 Å². The fourth-order valence-corrected chi connectivity index (χ4v) is 4.20. The Balaban J connectivity index is 1.80. The number of pyridine rings is 1. The Labute approximate surface area is 176 Å². The predicted octanol–water partition coefficient (Wildman–Crippen LogP) is 5.69. The number of alkyl halides is 3. The molecule has 11 heteroatoms. The molecule has 6 nitrogen and oxygen atoms in total. The molecule has 1 aromatic carbocycles. The van der Waals surface area contributed by atoms with Crippen LogP contribution in [0.25, 0.3) is 21.7 Å². The standard InChI is InChI=1S/C19H12F3N3O3S2/c1-2-27-17(26)12-9-23-13-8-10(19(20,21)22)5-6-11(13)15(12)30-18-25-24-16(28-18)14-4-3-7-29-14/h3-9H,2H2,1H3. The van der Waals surface area contributed by atoms with E-state index in [9.17, 15) is 18.0 Å². The van der Waals surface area contributed by atoms with Crippen molar-refractivity contribution in [3.05, 3.63) is 53.0 Å². The number of esters is 1. The molecule has 0 amide bonds. The molecule has 0 fully saturated rings. The molecule has 154 valence electrons. The van der Waals surface area contributed by atoms with Crippen molar-refractivity contribution in [2.45, 2.75) is 23.2 Å². The van der Waals surface area contributed by atoms with Gasteiger partial charge in [0.1, 0.15) is 0 Å². The highest BCUT2D eigenvalue weighted by molar-refractivity contribution is 7.99. The number of thiophene rings is 1. The van der Waals surface area contributed by atoms with Gasteiger partial charge in [-0.2, -0.15) is 13.2 Å². The number of hydrogen-bond acceptors (Lipinski definition) is 8. The minimum absolute atomic E-state index is 0.0818. The van der Waals surface area contributed by atoms with E-state index in [-0.39, 0.29) is 22.9 Å². The molecular weight excluding hydrogens is 439 g/mol. The number of carbonyl (C=O) groups is 1. The van der Waals surface area contributed by atoms with Crippen LogP contribution in [0.3, 0.4) is 0 Å². The van der Waals surface area contributed by atoms with Crippen molar-refractivity contribution in [1.29, 1.82) is 0 Å². The number of rotatable bonds is 5. The molecule has 30 heavy (non-hydrogen) atoms. The second kappa shape index (κ2) is 8.07. The van der Waals surface area contributed by atoms with E-state index in [4.69, 9.17) is 9.15 Å². The Morgan fingerprint density at radius 3 is 2.80 bits per heavy atom. The number of hydrogen-bond donors (Lipinski definition) is 0. The van der Waals surface area contributed by atoms with Gasteiger partial charge in [0.15, 0.2) is 0 Å². The fourth-order valence-electron chi connectivity index (χ4n) is 2.65. The average Bonchev–Trinajstić information content (AvgIpc) is 3.39. The summed E-state index contributed by atoms with van der Waals surface area (Å²) in [7, 11) is 0. The number of halogens is 3. The molecule has 0 radical (unpaired) electrons. The first-order valence-electron chi connectivity index (χ1n) is 8.59. The van der Waals surface area contributed by atoms with Gasteiger partial charge in [0, 0.05) is 16.5 Å². The summed E-state index contributed by atoms with van der Waals surface area (Å²) in [5.41, 5.74) is -0.650. The average molecular weight is 451 g/mol. The van der Waals surface area contributed by atoms with Crippen molar-refractivity contribution in [3.8, 4) is 10.8 Å². The molecule has 3 aromatic heterocycles. The first kappa shape index (κ1) is 20.4. The Morgan fingerprint density at radius 2 is 2.10 bits per heavy atom. The van der Waals surface area contributed by atoms with Crippen molar-refractivity contribution in [2.75, 3.05) is 6.61 Å². The van der Waals surface area contributed by atoms with Gasteiger partial charge in [0.05, 0.1) is 28.1 Å². The predicted molar refractivity (Wildman–Crippen MR) is 104 cm³/mol. The first-order chi connectivity index (χ1) is 14.4. The van der Waals surface area contributed by atoms with E-state index in [0.29, 0.717) is 16.2 Å². The second-order valence-corrected chi connectivity index (χ2v) is 7.81. The van der Waals surface area contributed by atoms with Crippen molar-refractivity contribution in [1.82, 2.24) is 15.2 Å². The molecule has 4 aromatic rings. The van der Waals surface area contributed by atoms with Crippen LogP contribution in [0, 0.1) is 0 Å². The summed E-state index contributed by atoms with van der Waals surface area (Å²) < 4.78 is 49.9. The van der Waals surface area contributed by atoms with Gasteiger partial charge < -0.3 is 9.15 Å². The van der Waals surface area contributed by atoms with E-state index in [1.807, 2.05) is 17.5 Å². The minimum atomic E-state index is -4.51. The molecule has 0 aliphatic rings. The maximum absolute atomic E-state index is 13.1. The van der Waals surface area contributed by atoms with E-state index in [0.717, 1.165) is 28.8 Å². The van der Waals surface area contributed by atoms with Crippen LogP contribution < -0.4 is 0 Å². The van der Waals surface area contributed by atoms with E-state index >= 15 is 0 Å². The number of ether oxygens (including phenoxy) is 1. The lowest BCUT2D eigenvalue weighted by atomic mass is 10.1. The van der Waals surface area contributed by atoms with Crippen LogP contribution in [0.5, 0.6) is 0 Å². The minimum Gasteiger partial charge on any atom is -0.462 e. The summed E-state index contributed by atoms with van der Waals surface area (Å²) in [6.07, 6.45) is -3.32. The number of fused-ring (bicyclic) bond motifs is 1. The van der Waals surface area contributed by atoms with E-state index in [2.05, 4.69) is 15.2 Å². The van der Waals surface area contributed by atoms with E-state index in [1.165, 1.54) is 23.6 Å². The van der Waals surface area contributed by atoms with E-state index in [1.54, 1.807) is 6.92 Å². The molecule has 0 saturated heterocycles. The molecule has 0 bridgehead atoms. The lowest BCUT2D eigenvalue weighted by Crippen LogP contribution is -2.08. The first-order valence-corrected chi connectivity index (χ1v) is 10.3. The largest absolute Gasteiger partial charge is 0.462 e. The number of benzene rings is 1. The van der Waals surface area contributed by atoms with Gasteiger partial charge in [-0.3, -0.25) is 4.98 Å². The highest BCUT2D eigenvalue weighted by atomic mass is 32.2. The number of carbonyl (C=O) groups excluding carboxylic acids is 1. The normalized spacial score (nSPS) is 11.7. The summed E-state index contributed by atoms with van der Waals surface area (Å²) >= 11 is 2.39. The molecule has 0 aliphatic carbocycles. The lowest BCUT2D eigenvalue weighted by Gasteiger charge is -2.12. The maximum Gasteiger partial charge on any atom is 0.416 e. The molecular formula is C19H12F3N3O3S2.